The Morgan fingerprint density at radius 2 is 0.393 bits per heavy atom. The van der Waals surface area contributed by atoms with Gasteiger partial charge in [0.15, 0.2) is 0 Å². The second kappa shape index (κ2) is 39.0. The van der Waals surface area contributed by atoms with Gasteiger partial charge in [-0.25, -0.2) is 0 Å². The average Bonchev–Trinajstić information content (AvgIpc) is 3.21. The van der Waals surface area contributed by atoms with E-state index >= 15 is 0 Å². The fraction of sp³-hybridized carbons (Fsp3) is 1.00. The molecule has 344 valence electrons. The molecule has 0 unspecified atom stereocenters. The highest BCUT2D eigenvalue weighted by Crippen LogP contribution is 2.27. The van der Waals surface area contributed by atoms with E-state index < -0.39 is 0 Å². The standard InChI is InChI=1S/4C11H23N.4C2H6/c4*1-9(2)11-7-5-6-8-12(11)10(3)4;4*1-2/h4*9-11H,5-8H2,1-4H3;4*1-2H3/t4*11-;;;;/m1100..../s1. The summed E-state index contributed by atoms with van der Waals surface area (Å²) in [5.41, 5.74) is 0. The van der Waals surface area contributed by atoms with Gasteiger partial charge in [0, 0.05) is 48.3 Å². The lowest BCUT2D eigenvalue weighted by Crippen LogP contribution is -2.46. The van der Waals surface area contributed by atoms with Crippen molar-refractivity contribution in [1.29, 1.82) is 0 Å². The molecule has 4 aliphatic rings. The summed E-state index contributed by atoms with van der Waals surface area (Å²) in [7, 11) is 0. The molecular formula is C52H116N4. The first kappa shape index (κ1) is 62.5. The van der Waals surface area contributed by atoms with Crippen molar-refractivity contribution in [2.24, 2.45) is 23.7 Å². The molecule has 0 spiro atoms. The highest BCUT2D eigenvalue weighted by Gasteiger charge is 2.29. The van der Waals surface area contributed by atoms with E-state index in [0.29, 0.717) is 0 Å². The Bertz CT molecular complexity index is 581. The first-order chi connectivity index (χ1) is 26.5. The maximum Gasteiger partial charge on any atom is 0.0121 e. The van der Waals surface area contributed by atoms with Crippen molar-refractivity contribution in [3.8, 4) is 0 Å². The molecular weight excluding hydrogens is 681 g/mol. The van der Waals surface area contributed by atoms with E-state index in [1.165, 1.54) is 103 Å². The van der Waals surface area contributed by atoms with Gasteiger partial charge in [0.25, 0.3) is 0 Å². The van der Waals surface area contributed by atoms with Crippen LogP contribution < -0.4 is 0 Å². The van der Waals surface area contributed by atoms with E-state index in [-0.39, 0.29) is 0 Å². The van der Waals surface area contributed by atoms with Crippen LogP contribution in [0, 0.1) is 23.7 Å². The molecule has 4 heteroatoms. The minimum atomic E-state index is 0.734. The third-order valence-corrected chi connectivity index (χ3v) is 12.1. The third kappa shape index (κ3) is 26.1. The monoisotopic (exact) mass is 797 g/mol. The van der Waals surface area contributed by atoms with Gasteiger partial charge < -0.3 is 0 Å². The van der Waals surface area contributed by atoms with Crippen molar-refractivity contribution in [2.45, 2.75) is 292 Å². The summed E-state index contributed by atoms with van der Waals surface area (Å²) < 4.78 is 0. The summed E-state index contributed by atoms with van der Waals surface area (Å²) in [6.07, 6.45) is 17.0. The maximum atomic E-state index is 2.67. The predicted octanol–water partition coefficient (Wildman–Crippen LogP) is 15.7. The van der Waals surface area contributed by atoms with Crippen LogP contribution in [0.3, 0.4) is 0 Å². The first-order valence-electron chi connectivity index (χ1n) is 25.5. The van der Waals surface area contributed by atoms with Crippen molar-refractivity contribution in [3.63, 3.8) is 0 Å². The zero-order chi connectivity index (χ0) is 44.6. The zero-order valence-corrected chi connectivity index (χ0v) is 44.0. The largest absolute Gasteiger partial charge is 0.298 e. The van der Waals surface area contributed by atoms with E-state index in [2.05, 4.69) is 130 Å². The van der Waals surface area contributed by atoms with Gasteiger partial charge >= 0.3 is 0 Å². The maximum absolute atomic E-state index is 2.67. The van der Waals surface area contributed by atoms with Gasteiger partial charge in [-0.2, -0.15) is 0 Å². The van der Waals surface area contributed by atoms with Gasteiger partial charge in [-0.1, -0.05) is 136 Å². The number of rotatable bonds is 8. The molecule has 0 bridgehead atoms. The van der Waals surface area contributed by atoms with Gasteiger partial charge in [-0.15, -0.1) is 0 Å². The van der Waals surface area contributed by atoms with Crippen LogP contribution in [-0.4, -0.2) is 94.1 Å². The smallest absolute Gasteiger partial charge is 0.0121 e. The summed E-state index contributed by atoms with van der Waals surface area (Å²) >= 11 is 0. The van der Waals surface area contributed by atoms with Crippen LogP contribution in [-0.2, 0) is 0 Å². The number of nitrogens with zero attached hydrogens (tertiary/aromatic N) is 4. The lowest BCUT2D eigenvalue weighted by atomic mass is 9.92. The average molecular weight is 798 g/mol. The van der Waals surface area contributed by atoms with Gasteiger partial charge in [-0.3, -0.25) is 19.6 Å². The first-order valence-corrected chi connectivity index (χ1v) is 25.5. The molecule has 4 saturated heterocycles. The molecule has 4 atom stereocenters. The van der Waals surface area contributed by atoms with Crippen LogP contribution in [0.15, 0.2) is 0 Å². The molecule has 4 rings (SSSR count). The van der Waals surface area contributed by atoms with Crippen molar-refractivity contribution in [2.75, 3.05) is 26.2 Å². The number of likely N-dealkylation sites (tertiary alicyclic amines) is 4. The summed E-state index contributed by atoms with van der Waals surface area (Å²) in [5.74, 6) is 3.31. The number of hydrogen-bond donors (Lipinski definition) is 0. The molecule has 0 aromatic heterocycles. The fourth-order valence-corrected chi connectivity index (χ4v) is 9.35. The quantitative estimate of drug-likeness (QED) is 0.243. The van der Waals surface area contributed by atoms with Crippen molar-refractivity contribution < 1.29 is 0 Å². The predicted molar refractivity (Wildman–Crippen MR) is 263 cm³/mol. The van der Waals surface area contributed by atoms with Crippen LogP contribution in [0.5, 0.6) is 0 Å². The summed E-state index contributed by atoms with van der Waals surface area (Å²) in [4.78, 5) is 10.7. The highest BCUT2D eigenvalue weighted by atomic mass is 15.2. The lowest BCUT2D eigenvalue weighted by Gasteiger charge is -2.40. The SMILES string of the molecule is CC.CC.CC.CC.CC(C)[C@@H]1CCCCN1C(C)C.CC(C)[C@@H]1CCCCN1C(C)C.CC(C)[C@H]1CCCCN1C(C)C.CC(C)[C@H]1CCCCN1C(C)C. The normalized spacial score (nSPS) is 23.6. The number of piperidine rings is 4. The Labute approximate surface area is 359 Å². The van der Waals surface area contributed by atoms with Gasteiger partial charge in [-0.05, 0) is 157 Å². The summed E-state index contributed by atoms with van der Waals surface area (Å²) in [6.45, 7) is 58.7. The highest BCUT2D eigenvalue weighted by molar-refractivity contribution is 4.84. The fourth-order valence-electron chi connectivity index (χ4n) is 9.35. The van der Waals surface area contributed by atoms with Crippen LogP contribution in [0.2, 0.25) is 0 Å². The molecule has 4 aliphatic heterocycles. The van der Waals surface area contributed by atoms with Gasteiger partial charge in [0.05, 0.1) is 0 Å². The minimum Gasteiger partial charge on any atom is -0.298 e. The van der Waals surface area contributed by atoms with Crippen molar-refractivity contribution in [1.82, 2.24) is 19.6 Å². The molecule has 4 nitrogen and oxygen atoms in total. The molecule has 0 radical (unpaired) electrons. The second-order valence-electron chi connectivity index (χ2n) is 18.6. The van der Waals surface area contributed by atoms with Crippen LogP contribution in [0.25, 0.3) is 0 Å². The van der Waals surface area contributed by atoms with Crippen LogP contribution >= 0.6 is 0 Å². The van der Waals surface area contributed by atoms with Crippen molar-refractivity contribution >= 4 is 0 Å². The molecule has 0 aromatic carbocycles. The van der Waals surface area contributed by atoms with E-state index in [9.17, 15) is 0 Å². The van der Waals surface area contributed by atoms with E-state index in [1.807, 2.05) is 55.4 Å². The molecule has 0 aromatic rings. The van der Waals surface area contributed by atoms with Crippen LogP contribution in [0.1, 0.15) is 243 Å². The van der Waals surface area contributed by atoms with E-state index in [4.69, 9.17) is 0 Å². The van der Waals surface area contributed by atoms with E-state index in [0.717, 1.165) is 72.0 Å². The molecule has 0 saturated carbocycles. The Hall–Kier alpha value is -0.160. The van der Waals surface area contributed by atoms with Gasteiger partial charge in [0.2, 0.25) is 0 Å². The Balaban J connectivity index is -0.000000303. The molecule has 0 N–H and O–H groups in total. The molecule has 0 aliphatic carbocycles. The lowest BCUT2D eigenvalue weighted by molar-refractivity contribution is 0.0807. The summed E-state index contributed by atoms with van der Waals surface area (Å²) in [5, 5.41) is 0. The Morgan fingerprint density at radius 1 is 0.250 bits per heavy atom. The zero-order valence-electron chi connectivity index (χ0n) is 44.0. The molecule has 0 amide bonds. The van der Waals surface area contributed by atoms with Crippen molar-refractivity contribution in [3.05, 3.63) is 0 Å². The number of hydrogen-bond acceptors (Lipinski definition) is 4. The minimum absolute atomic E-state index is 0.734. The Morgan fingerprint density at radius 3 is 0.482 bits per heavy atom. The molecule has 56 heavy (non-hydrogen) atoms. The van der Waals surface area contributed by atoms with Gasteiger partial charge in [0.1, 0.15) is 0 Å². The molecule has 4 heterocycles. The van der Waals surface area contributed by atoms with Crippen LogP contribution in [0.4, 0.5) is 0 Å². The topological polar surface area (TPSA) is 13.0 Å². The molecule has 4 fully saturated rings. The second-order valence-corrected chi connectivity index (χ2v) is 18.6. The van der Waals surface area contributed by atoms with E-state index in [1.54, 1.807) is 0 Å². The summed E-state index contributed by atoms with van der Waals surface area (Å²) in [6, 6.07) is 6.32. The third-order valence-electron chi connectivity index (χ3n) is 12.1. The Kier molecular flexibility index (Phi) is 43.5.